The molecule has 1 amide bonds. The predicted molar refractivity (Wildman–Crippen MR) is 96.2 cm³/mol. The quantitative estimate of drug-likeness (QED) is 0.600. The third kappa shape index (κ3) is 4.85. The number of pyridine rings is 1. The van der Waals surface area contributed by atoms with Gasteiger partial charge in [-0.2, -0.15) is 41.4 Å². The first kappa shape index (κ1) is 22.7. The highest BCUT2D eigenvalue weighted by atomic mass is 19.4. The van der Waals surface area contributed by atoms with Crippen molar-refractivity contribution in [3.8, 4) is 11.9 Å². The van der Waals surface area contributed by atoms with Gasteiger partial charge in [0.05, 0.1) is 22.7 Å². The molecule has 3 rings (SSSR count). The van der Waals surface area contributed by atoms with Crippen molar-refractivity contribution in [1.82, 2.24) is 25.1 Å². The molecule has 7 nitrogen and oxygen atoms in total. The molecule has 1 atom stereocenters. The maximum Gasteiger partial charge on any atom is 0.416 e. The van der Waals surface area contributed by atoms with Crippen LogP contribution in [0.4, 0.5) is 26.3 Å². The second-order valence-electron chi connectivity index (χ2n) is 6.54. The molecular weight excluding hydrogens is 442 g/mol. The average Bonchev–Trinajstić information content (AvgIpc) is 3.22. The number of halogens is 6. The molecule has 0 spiro atoms. The van der Waals surface area contributed by atoms with Crippen LogP contribution in [0.3, 0.4) is 0 Å². The van der Waals surface area contributed by atoms with E-state index in [9.17, 15) is 31.1 Å². The van der Waals surface area contributed by atoms with Crippen LogP contribution in [0, 0.1) is 11.3 Å². The van der Waals surface area contributed by atoms with Crippen molar-refractivity contribution in [1.29, 1.82) is 5.26 Å². The van der Waals surface area contributed by atoms with Crippen LogP contribution >= 0.6 is 0 Å². The number of nitrogens with zero attached hydrogens (tertiary/aromatic N) is 5. The van der Waals surface area contributed by atoms with Gasteiger partial charge >= 0.3 is 12.4 Å². The molecule has 32 heavy (non-hydrogen) atoms. The second-order valence-corrected chi connectivity index (χ2v) is 6.54. The molecule has 0 saturated carbocycles. The van der Waals surface area contributed by atoms with Crippen LogP contribution in [0.5, 0.6) is 0 Å². The molecule has 0 fully saturated rings. The van der Waals surface area contributed by atoms with Gasteiger partial charge in [0.2, 0.25) is 0 Å². The summed E-state index contributed by atoms with van der Waals surface area (Å²) < 4.78 is 79.4. The van der Waals surface area contributed by atoms with Crippen LogP contribution in [-0.2, 0) is 12.4 Å². The van der Waals surface area contributed by atoms with Gasteiger partial charge in [-0.25, -0.2) is 9.97 Å². The van der Waals surface area contributed by atoms with E-state index in [-0.39, 0.29) is 23.3 Å². The highest BCUT2D eigenvalue weighted by Crippen LogP contribution is 2.36. The average molecular weight is 454 g/mol. The zero-order valence-corrected chi connectivity index (χ0v) is 16.0. The molecule has 3 aromatic rings. The lowest BCUT2D eigenvalue weighted by Crippen LogP contribution is -2.29. The van der Waals surface area contributed by atoms with Gasteiger partial charge in [-0.1, -0.05) is 0 Å². The van der Waals surface area contributed by atoms with Crippen LogP contribution in [-0.4, -0.2) is 25.7 Å². The Morgan fingerprint density at radius 2 is 1.69 bits per heavy atom. The van der Waals surface area contributed by atoms with Crippen molar-refractivity contribution in [3.63, 3.8) is 0 Å². The van der Waals surface area contributed by atoms with Gasteiger partial charge in [0.15, 0.2) is 11.6 Å². The first-order valence-corrected chi connectivity index (χ1v) is 8.77. The Bertz CT molecular complexity index is 1140. The van der Waals surface area contributed by atoms with Crippen molar-refractivity contribution >= 4 is 5.91 Å². The van der Waals surface area contributed by atoms with Crippen LogP contribution in [0.2, 0.25) is 0 Å². The van der Waals surface area contributed by atoms with Crippen LogP contribution in [0.25, 0.3) is 5.82 Å². The Balaban J connectivity index is 1.90. The monoisotopic (exact) mass is 454 g/mol. The first-order chi connectivity index (χ1) is 14.9. The van der Waals surface area contributed by atoms with E-state index in [2.05, 4.69) is 20.4 Å². The summed E-state index contributed by atoms with van der Waals surface area (Å²) >= 11 is 0. The summed E-state index contributed by atoms with van der Waals surface area (Å²) in [6.07, 6.45) is -7.76. The number of benzene rings is 1. The number of carbonyl (C=O) groups excluding carboxylic acids is 1. The van der Waals surface area contributed by atoms with Crippen LogP contribution in [0.15, 0.2) is 42.9 Å². The largest absolute Gasteiger partial charge is 0.416 e. The van der Waals surface area contributed by atoms with Gasteiger partial charge in [-0.05, 0) is 37.3 Å². The third-order valence-corrected chi connectivity index (χ3v) is 4.25. The Morgan fingerprint density at radius 3 is 2.19 bits per heavy atom. The minimum atomic E-state index is -5.08. The van der Waals surface area contributed by atoms with Gasteiger partial charge in [0, 0.05) is 11.8 Å². The van der Waals surface area contributed by atoms with E-state index >= 15 is 0 Å². The van der Waals surface area contributed by atoms with Crippen molar-refractivity contribution in [2.24, 2.45) is 0 Å². The predicted octanol–water partition coefficient (Wildman–Crippen LogP) is 4.06. The van der Waals surface area contributed by atoms with Crippen molar-refractivity contribution in [2.75, 3.05) is 0 Å². The smallest absolute Gasteiger partial charge is 0.342 e. The van der Waals surface area contributed by atoms with Crippen molar-refractivity contribution < 1.29 is 31.1 Å². The number of aromatic nitrogens is 4. The Kier molecular flexibility index (Phi) is 5.89. The lowest BCUT2D eigenvalue weighted by atomic mass is 10.0. The van der Waals surface area contributed by atoms with Gasteiger partial charge in [-0.3, -0.25) is 4.79 Å². The first-order valence-electron chi connectivity index (χ1n) is 8.77. The SMILES string of the molecule is C[C@H](NC(=O)c1cc(C(F)(F)F)cc(C(F)(F)F)c1)c1ncnn1-c1ccc(C#N)cn1. The van der Waals surface area contributed by atoms with E-state index in [0.29, 0.717) is 12.1 Å². The fraction of sp³-hybridized carbons (Fsp3) is 0.211. The lowest BCUT2D eigenvalue weighted by Gasteiger charge is -2.17. The molecule has 1 aromatic carbocycles. The number of hydrogen-bond donors (Lipinski definition) is 1. The molecule has 13 heteroatoms. The zero-order valence-electron chi connectivity index (χ0n) is 16.0. The molecule has 0 unspecified atom stereocenters. The fourth-order valence-electron chi connectivity index (χ4n) is 2.73. The third-order valence-electron chi connectivity index (χ3n) is 4.25. The van der Waals surface area contributed by atoms with E-state index in [0.717, 1.165) is 6.33 Å². The summed E-state index contributed by atoms with van der Waals surface area (Å²) in [6, 6.07) is 4.44. The molecular formula is C19H12F6N6O. The van der Waals surface area contributed by atoms with Crippen LogP contribution < -0.4 is 5.32 Å². The summed E-state index contributed by atoms with van der Waals surface area (Å²) in [7, 11) is 0. The summed E-state index contributed by atoms with van der Waals surface area (Å²) in [5, 5.41) is 15.1. The van der Waals surface area contributed by atoms with E-state index < -0.39 is 41.0 Å². The number of nitriles is 1. The molecule has 2 aromatic heterocycles. The zero-order chi connectivity index (χ0) is 23.7. The maximum absolute atomic E-state index is 13.0. The van der Waals surface area contributed by atoms with E-state index in [4.69, 9.17) is 5.26 Å². The minimum absolute atomic E-state index is 0.0621. The van der Waals surface area contributed by atoms with E-state index in [1.807, 2.05) is 6.07 Å². The molecule has 0 aliphatic rings. The second kappa shape index (κ2) is 8.29. The number of rotatable bonds is 4. The molecule has 0 bridgehead atoms. The Hall–Kier alpha value is -3.95. The summed E-state index contributed by atoms with van der Waals surface area (Å²) in [5.41, 5.74) is -3.74. The molecule has 0 radical (unpaired) electrons. The van der Waals surface area contributed by atoms with E-state index in [1.54, 1.807) is 0 Å². The Labute approximate surface area is 176 Å². The maximum atomic E-state index is 13.0. The number of carbonyl (C=O) groups is 1. The number of nitrogens with one attached hydrogen (secondary N) is 1. The minimum Gasteiger partial charge on any atom is -0.342 e. The highest BCUT2D eigenvalue weighted by molar-refractivity contribution is 5.94. The lowest BCUT2D eigenvalue weighted by molar-refractivity contribution is -0.143. The van der Waals surface area contributed by atoms with Gasteiger partial charge in [-0.15, -0.1) is 0 Å². The van der Waals surface area contributed by atoms with Gasteiger partial charge < -0.3 is 5.32 Å². The number of alkyl halides is 6. The summed E-state index contributed by atoms with van der Waals surface area (Å²) in [4.78, 5) is 20.5. The standard InChI is InChI=1S/C19H12F6N6O/c1-10(16-28-9-29-31(16)15-3-2-11(7-26)8-27-15)30-17(32)12-4-13(18(20,21)22)6-14(5-12)19(23,24)25/h2-6,8-10H,1H3,(H,30,32)/t10-/m0/s1. The normalized spacial score (nSPS) is 12.8. The molecule has 2 heterocycles. The summed E-state index contributed by atoms with van der Waals surface area (Å²) in [5.74, 6) is -0.828. The molecule has 0 aliphatic heterocycles. The molecule has 0 saturated heterocycles. The Morgan fingerprint density at radius 1 is 1.06 bits per heavy atom. The molecule has 0 aliphatic carbocycles. The van der Waals surface area contributed by atoms with Gasteiger partial charge in [0.1, 0.15) is 12.4 Å². The van der Waals surface area contributed by atoms with Crippen molar-refractivity contribution in [3.05, 3.63) is 70.9 Å². The number of amides is 1. The molecule has 166 valence electrons. The highest BCUT2D eigenvalue weighted by Gasteiger charge is 2.37. The van der Waals surface area contributed by atoms with E-state index in [1.165, 1.54) is 29.9 Å². The fourth-order valence-corrected chi connectivity index (χ4v) is 2.73. The van der Waals surface area contributed by atoms with Gasteiger partial charge in [0.25, 0.3) is 5.91 Å². The van der Waals surface area contributed by atoms with Crippen LogP contribution in [0.1, 0.15) is 45.8 Å². The number of hydrogen-bond acceptors (Lipinski definition) is 5. The van der Waals surface area contributed by atoms with Crippen molar-refractivity contribution in [2.45, 2.75) is 25.3 Å². The summed E-state index contributed by atoms with van der Waals surface area (Å²) in [6.45, 7) is 1.42. The molecule has 1 N–H and O–H groups in total. The topological polar surface area (TPSA) is 96.5 Å².